The maximum atomic E-state index is 12.2. The predicted molar refractivity (Wildman–Crippen MR) is 74.8 cm³/mol. The van der Waals surface area contributed by atoms with Crippen molar-refractivity contribution >= 4 is 10.0 Å². The summed E-state index contributed by atoms with van der Waals surface area (Å²) in [6.07, 6.45) is 1.66. The largest absolute Gasteiger partial charge is 0.260 e. The zero-order valence-electron chi connectivity index (χ0n) is 10.7. The fourth-order valence-electron chi connectivity index (χ4n) is 1.71. The molecule has 5 heteroatoms. The van der Waals surface area contributed by atoms with Crippen molar-refractivity contribution in [3.63, 3.8) is 0 Å². The quantitative estimate of drug-likeness (QED) is 0.839. The van der Waals surface area contributed by atoms with Crippen molar-refractivity contribution in [2.45, 2.75) is 12.3 Å². The van der Waals surface area contributed by atoms with Crippen molar-refractivity contribution < 1.29 is 8.42 Å². The van der Waals surface area contributed by atoms with Crippen LogP contribution in [0.5, 0.6) is 0 Å². The van der Waals surface area contributed by atoms with E-state index in [4.69, 9.17) is 0 Å². The number of pyridine rings is 1. The van der Waals surface area contributed by atoms with Gasteiger partial charge in [0.2, 0.25) is 10.0 Å². The zero-order valence-corrected chi connectivity index (χ0v) is 11.5. The summed E-state index contributed by atoms with van der Waals surface area (Å²) < 4.78 is 25.7. The highest BCUT2D eigenvalue weighted by molar-refractivity contribution is 7.88. The lowest BCUT2D eigenvalue weighted by molar-refractivity contribution is 0.461. The Morgan fingerprint density at radius 1 is 1.05 bits per heavy atom. The van der Waals surface area contributed by atoms with Crippen molar-refractivity contribution in [2.24, 2.45) is 0 Å². The van der Waals surface area contributed by atoms with E-state index in [1.54, 1.807) is 13.2 Å². The fourth-order valence-corrected chi connectivity index (χ4v) is 2.88. The molecule has 1 heterocycles. The second-order valence-corrected chi connectivity index (χ2v) is 6.39. The van der Waals surface area contributed by atoms with Crippen LogP contribution in [0.4, 0.5) is 0 Å². The summed E-state index contributed by atoms with van der Waals surface area (Å²) in [5.41, 5.74) is 1.53. The minimum Gasteiger partial charge on any atom is -0.260 e. The standard InChI is InChI=1S/C14H16N2O2S/c1-16(11-14-9-5-6-10-15-14)19(17,18)12-13-7-3-2-4-8-13/h2-10H,11-12H2,1H3. The molecule has 0 amide bonds. The van der Waals surface area contributed by atoms with Crippen LogP contribution in [-0.2, 0) is 22.3 Å². The van der Waals surface area contributed by atoms with E-state index in [9.17, 15) is 8.42 Å². The molecule has 1 aromatic carbocycles. The lowest BCUT2D eigenvalue weighted by atomic mass is 10.2. The summed E-state index contributed by atoms with van der Waals surface area (Å²) in [5.74, 6) is 0.0111. The summed E-state index contributed by atoms with van der Waals surface area (Å²) in [4.78, 5) is 4.13. The van der Waals surface area contributed by atoms with Crippen LogP contribution < -0.4 is 0 Å². The van der Waals surface area contributed by atoms with E-state index in [-0.39, 0.29) is 12.3 Å². The summed E-state index contributed by atoms with van der Waals surface area (Å²) in [5, 5.41) is 0. The first kappa shape index (κ1) is 13.7. The molecule has 0 atom stereocenters. The Morgan fingerprint density at radius 3 is 2.37 bits per heavy atom. The lowest BCUT2D eigenvalue weighted by Gasteiger charge is -2.16. The van der Waals surface area contributed by atoms with Gasteiger partial charge in [0, 0.05) is 13.2 Å². The van der Waals surface area contributed by atoms with E-state index in [1.165, 1.54) is 4.31 Å². The van der Waals surface area contributed by atoms with Gasteiger partial charge in [-0.1, -0.05) is 36.4 Å². The van der Waals surface area contributed by atoms with Crippen LogP contribution in [0.2, 0.25) is 0 Å². The van der Waals surface area contributed by atoms with Gasteiger partial charge >= 0.3 is 0 Å². The highest BCUT2D eigenvalue weighted by Crippen LogP contribution is 2.11. The summed E-state index contributed by atoms with van der Waals surface area (Å²) in [6.45, 7) is 0.288. The summed E-state index contributed by atoms with van der Waals surface area (Å²) in [6, 6.07) is 14.6. The van der Waals surface area contributed by atoms with E-state index in [0.717, 1.165) is 11.3 Å². The van der Waals surface area contributed by atoms with Crippen LogP contribution in [0, 0.1) is 0 Å². The monoisotopic (exact) mass is 276 g/mol. The Morgan fingerprint density at radius 2 is 1.74 bits per heavy atom. The first-order valence-corrected chi connectivity index (χ1v) is 7.57. The molecular weight excluding hydrogens is 260 g/mol. The van der Waals surface area contributed by atoms with Gasteiger partial charge in [-0.05, 0) is 17.7 Å². The number of hydrogen-bond donors (Lipinski definition) is 0. The number of sulfonamides is 1. The number of rotatable bonds is 5. The molecule has 0 unspecified atom stereocenters. The van der Waals surface area contributed by atoms with Crippen molar-refractivity contribution in [3.05, 3.63) is 66.0 Å². The third-order valence-corrected chi connectivity index (χ3v) is 4.55. The van der Waals surface area contributed by atoms with E-state index in [0.29, 0.717) is 0 Å². The number of aromatic nitrogens is 1. The van der Waals surface area contributed by atoms with Crippen LogP contribution in [0.1, 0.15) is 11.3 Å². The van der Waals surface area contributed by atoms with Gasteiger partial charge < -0.3 is 0 Å². The molecule has 0 aliphatic heterocycles. The summed E-state index contributed by atoms with van der Waals surface area (Å²) >= 11 is 0. The van der Waals surface area contributed by atoms with Gasteiger partial charge in [-0.2, -0.15) is 4.31 Å². The van der Waals surface area contributed by atoms with E-state index < -0.39 is 10.0 Å². The predicted octanol–water partition coefficient (Wildman–Crippen LogP) is 2.04. The van der Waals surface area contributed by atoms with Crippen molar-refractivity contribution in [2.75, 3.05) is 7.05 Å². The molecule has 1 aromatic heterocycles. The Hall–Kier alpha value is -1.72. The Bertz CT molecular complexity index is 612. The van der Waals surface area contributed by atoms with Gasteiger partial charge in [0.25, 0.3) is 0 Å². The molecule has 0 spiro atoms. The molecule has 0 saturated heterocycles. The Labute approximate surface area is 113 Å². The average Bonchev–Trinajstić information content (AvgIpc) is 2.40. The van der Waals surface area contributed by atoms with E-state index >= 15 is 0 Å². The van der Waals surface area contributed by atoms with Gasteiger partial charge in [0.15, 0.2) is 0 Å². The number of benzene rings is 1. The van der Waals surface area contributed by atoms with Crippen LogP contribution in [0.15, 0.2) is 54.7 Å². The fraction of sp³-hybridized carbons (Fsp3) is 0.214. The highest BCUT2D eigenvalue weighted by Gasteiger charge is 2.18. The van der Waals surface area contributed by atoms with Crippen LogP contribution >= 0.6 is 0 Å². The SMILES string of the molecule is CN(Cc1ccccn1)S(=O)(=O)Cc1ccccc1. The first-order valence-electron chi connectivity index (χ1n) is 5.96. The van der Waals surface area contributed by atoms with Crippen molar-refractivity contribution in [1.29, 1.82) is 0 Å². The van der Waals surface area contributed by atoms with E-state index in [1.807, 2.05) is 48.5 Å². The zero-order chi connectivity index (χ0) is 13.7. The Balaban J connectivity index is 2.07. The second-order valence-electron chi connectivity index (χ2n) is 4.32. The topological polar surface area (TPSA) is 50.3 Å². The smallest absolute Gasteiger partial charge is 0.218 e. The van der Waals surface area contributed by atoms with Crippen molar-refractivity contribution in [3.8, 4) is 0 Å². The molecule has 19 heavy (non-hydrogen) atoms. The van der Waals surface area contributed by atoms with E-state index in [2.05, 4.69) is 4.98 Å². The average molecular weight is 276 g/mol. The van der Waals surface area contributed by atoms with Crippen molar-refractivity contribution in [1.82, 2.24) is 9.29 Å². The minimum absolute atomic E-state index is 0.0111. The second kappa shape index (κ2) is 5.95. The Kier molecular flexibility index (Phi) is 4.29. The molecular formula is C14H16N2O2S. The molecule has 2 rings (SSSR count). The maximum absolute atomic E-state index is 12.2. The lowest BCUT2D eigenvalue weighted by Crippen LogP contribution is -2.28. The highest BCUT2D eigenvalue weighted by atomic mass is 32.2. The van der Waals surface area contributed by atoms with Gasteiger partial charge in [-0.3, -0.25) is 4.98 Å². The third-order valence-electron chi connectivity index (χ3n) is 2.78. The first-order chi connectivity index (χ1) is 9.08. The molecule has 0 saturated carbocycles. The van der Waals surface area contributed by atoms with Gasteiger partial charge in [-0.25, -0.2) is 8.42 Å². The molecule has 4 nitrogen and oxygen atoms in total. The molecule has 0 aliphatic rings. The normalized spacial score (nSPS) is 11.7. The molecule has 0 fully saturated rings. The third kappa shape index (κ3) is 3.87. The molecule has 0 aliphatic carbocycles. The minimum atomic E-state index is -3.32. The molecule has 0 N–H and O–H groups in total. The van der Waals surface area contributed by atoms with Gasteiger partial charge in [0.1, 0.15) is 0 Å². The van der Waals surface area contributed by atoms with Crippen LogP contribution in [0.3, 0.4) is 0 Å². The molecule has 100 valence electrons. The number of hydrogen-bond acceptors (Lipinski definition) is 3. The van der Waals surface area contributed by atoms with Crippen LogP contribution in [-0.4, -0.2) is 24.8 Å². The van der Waals surface area contributed by atoms with Gasteiger partial charge in [-0.15, -0.1) is 0 Å². The molecule has 0 radical (unpaired) electrons. The maximum Gasteiger partial charge on any atom is 0.218 e. The summed E-state index contributed by atoms with van der Waals surface area (Å²) in [7, 11) is -1.74. The van der Waals surface area contributed by atoms with Gasteiger partial charge in [0.05, 0.1) is 18.0 Å². The van der Waals surface area contributed by atoms with Crippen LogP contribution in [0.25, 0.3) is 0 Å². The molecule has 2 aromatic rings. The number of nitrogens with zero attached hydrogens (tertiary/aromatic N) is 2. The molecule has 0 bridgehead atoms.